The van der Waals surface area contributed by atoms with E-state index in [4.69, 9.17) is 4.42 Å². The molecule has 0 aliphatic heterocycles. The maximum Gasteiger partial charge on any atom is 0.277 e. The molecule has 0 bridgehead atoms. The van der Waals surface area contributed by atoms with Gasteiger partial charge in [0, 0.05) is 7.05 Å². The van der Waals surface area contributed by atoms with E-state index in [0.717, 1.165) is 21.0 Å². The molecule has 23 heavy (non-hydrogen) atoms. The third-order valence-corrected chi connectivity index (χ3v) is 4.80. The van der Waals surface area contributed by atoms with Crippen molar-refractivity contribution in [2.75, 3.05) is 13.6 Å². The number of furan rings is 1. The van der Waals surface area contributed by atoms with Gasteiger partial charge in [-0.3, -0.25) is 4.79 Å². The molecule has 2 aromatic heterocycles. The predicted octanol–water partition coefficient (Wildman–Crippen LogP) is 2.17. The Morgan fingerprint density at radius 1 is 1.35 bits per heavy atom. The van der Waals surface area contributed by atoms with Gasteiger partial charge in [0.2, 0.25) is 0 Å². The number of fused-ring (bicyclic) bond motifs is 1. The number of benzene rings is 1. The van der Waals surface area contributed by atoms with Crippen LogP contribution in [0.15, 0.2) is 47.1 Å². The Morgan fingerprint density at radius 3 is 2.91 bits per heavy atom. The highest BCUT2D eigenvalue weighted by atomic mass is 32.1. The number of nitrogens with zero attached hydrogens (tertiary/aromatic N) is 2. The zero-order valence-corrected chi connectivity index (χ0v) is 14.0. The van der Waals surface area contributed by atoms with Crippen molar-refractivity contribution in [1.82, 2.24) is 9.88 Å². The Morgan fingerprint density at radius 2 is 2.17 bits per heavy atom. The number of thiazole rings is 1. The summed E-state index contributed by atoms with van der Waals surface area (Å²) >= 11 is 1.64. The summed E-state index contributed by atoms with van der Waals surface area (Å²) < 4.78 is 6.51. The van der Waals surface area contributed by atoms with E-state index >= 15 is 0 Å². The van der Waals surface area contributed by atoms with Gasteiger partial charge in [-0.05, 0) is 31.2 Å². The molecule has 1 atom stereocenters. The molecule has 0 fully saturated rings. The normalized spacial score (nSPS) is 12.4. The van der Waals surface area contributed by atoms with E-state index in [0.29, 0.717) is 13.1 Å². The van der Waals surface area contributed by atoms with Crippen LogP contribution in [0, 0.1) is 0 Å². The summed E-state index contributed by atoms with van der Waals surface area (Å²) in [6.07, 6.45) is 1.65. The minimum absolute atomic E-state index is 0.0858. The van der Waals surface area contributed by atoms with Gasteiger partial charge in [-0.25, -0.2) is 4.98 Å². The van der Waals surface area contributed by atoms with Crippen LogP contribution in [0.4, 0.5) is 0 Å². The number of para-hydroxylation sites is 1. The van der Waals surface area contributed by atoms with Crippen molar-refractivity contribution in [3.05, 3.63) is 53.4 Å². The van der Waals surface area contributed by atoms with E-state index in [2.05, 4.69) is 11.1 Å². The summed E-state index contributed by atoms with van der Waals surface area (Å²) in [6.45, 7) is 2.96. The molecule has 0 unspecified atom stereocenters. The SMILES string of the molecule is C[C@@H]([NH2+]CC(=O)N(C)Cc1nc2ccccc2s1)c1ccco1. The van der Waals surface area contributed by atoms with Gasteiger partial charge in [0.25, 0.3) is 5.91 Å². The molecule has 0 radical (unpaired) electrons. The maximum atomic E-state index is 12.3. The van der Waals surface area contributed by atoms with Crippen LogP contribution < -0.4 is 5.32 Å². The van der Waals surface area contributed by atoms with E-state index in [1.165, 1.54) is 0 Å². The van der Waals surface area contributed by atoms with Gasteiger partial charge in [-0.2, -0.15) is 0 Å². The van der Waals surface area contributed by atoms with Crippen LogP contribution in [0.3, 0.4) is 0 Å². The smallest absolute Gasteiger partial charge is 0.277 e. The maximum absolute atomic E-state index is 12.3. The molecule has 0 saturated carbocycles. The first-order chi connectivity index (χ1) is 11.1. The van der Waals surface area contributed by atoms with Crippen LogP contribution in [-0.4, -0.2) is 29.4 Å². The van der Waals surface area contributed by atoms with E-state index in [1.807, 2.05) is 49.6 Å². The summed E-state index contributed by atoms with van der Waals surface area (Å²) in [4.78, 5) is 18.6. The lowest BCUT2D eigenvalue weighted by atomic mass is 10.2. The Hall–Kier alpha value is -2.18. The first-order valence-corrected chi connectivity index (χ1v) is 8.40. The Bertz CT molecular complexity index is 749. The number of hydrogen-bond acceptors (Lipinski definition) is 4. The zero-order chi connectivity index (χ0) is 16.2. The monoisotopic (exact) mass is 330 g/mol. The van der Waals surface area contributed by atoms with E-state index in [9.17, 15) is 4.79 Å². The van der Waals surface area contributed by atoms with Gasteiger partial charge >= 0.3 is 0 Å². The standard InChI is InChI=1S/C17H19N3O2S/c1-12(14-7-5-9-22-14)18-10-17(21)20(2)11-16-19-13-6-3-4-8-15(13)23-16/h3-9,12,18H,10-11H2,1-2H3/p+1/t12-/m1/s1. The zero-order valence-electron chi connectivity index (χ0n) is 13.2. The number of hydrogen-bond donors (Lipinski definition) is 1. The number of likely N-dealkylation sites (N-methyl/N-ethyl adjacent to an activating group) is 1. The number of rotatable bonds is 6. The average Bonchev–Trinajstić information content (AvgIpc) is 3.20. The van der Waals surface area contributed by atoms with E-state index in [-0.39, 0.29) is 11.9 Å². The Balaban J connectivity index is 1.55. The summed E-state index contributed by atoms with van der Waals surface area (Å²) in [5, 5.41) is 2.94. The Kier molecular flexibility index (Phi) is 4.73. The van der Waals surface area contributed by atoms with E-state index < -0.39 is 0 Å². The first-order valence-electron chi connectivity index (χ1n) is 7.58. The largest absolute Gasteiger partial charge is 0.463 e. The van der Waals surface area contributed by atoms with Crippen molar-refractivity contribution in [1.29, 1.82) is 0 Å². The van der Waals surface area contributed by atoms with Crippen LogP contribution in [0.1, 0.15) is 23.7 Å². The van der Waals surface area contributed by atoms with Gasteiger partial charge in [-0.15, -0.1) is 11.3 Å². The van der Waals surface area contributed by atoms with Crippen LogP contribution in [0.5, 0.6) is 0 Å². The van der Waals surface area contributed by atoms with Gasteiger partial charge in [-0.1, -0.05) is 12.1 Å². The molecule has 120 valence electrons. The molecule has 0 aliphatic rings. The fraction of sp³-hybridized carbons (Fsp3) is 0.294. The predicted molar refractivity (Wildman–Crippen MR) is 90.0 cm³/mol. The molecule has 0 saturated heterocycles. The second-order valence-electron chi connectivity index (χ2n) is 5.57. The molecular weight excluding hydrogens is 310 g/mol. The van der Waals surface area contributed by atoms with Gasteiger partial charge in [0.05, 0.1) is 23.0 Å². The highest BCUT2D eigenvalue weighted by Gasteiger charge is 2.17. The summed E-state index contributed by atoms with van der Waals surface area (Å²) in [5.74, 6) is 0.967. The Labute approximate surface area is 138 Å². The molecule has 0 aliphatic carbocycles. The molecule has 3 aromatic rings. The number of aromatic nitrogens is 1. The van der Waals surface area contributed by atoms with Gasteiger partial charge in [0.1, 0.15) is 11.0 Å². The lowest BCUT2D eigenvalue weighted by molar-refractivity contribution is -0.685. The lowest BCUT2D eigenvalue weighted by Crippen LogP contribution is -2.86. The molecule has 2 heterocycles. The number of carbonyl (C=O) groups excluding carboxylic acids is 1. The van der Waals surface area contributed by atoms with Crippen molar-refractivity contribution in [3.8, 4) is 0 Å². The fourth-order valence-corrected chi connectivity index (χ4v) is 3.40. The minimum Gasteiger partial charge on any atom is -0.463 e. The van der Waals surface area contributed by atoms with Crippen molar-refractivity contribution in [2.45, 2.75) is 19.5 Å². The summed E-state index contributed by atoms with van der Waals surface area (Å²) in [6, 6.07) is 11.9. The molecule has 6 heteroatoms. The van der Waals surface area contributed by atoms with Crippen LogP contribution in [-0.2, 0) is 11.3 Å². The number of quaternary nitrogens is 1. The third kappa shape index (κ3) is 3.78. The molecule has 0 spiro atoms. The molecule has 3 rings (SSSR count). The second-order valence-corrected chi connectivity index (χ2v) is 6.68. The first kappa shape index (κ1) is 15.7. The lowest BCUT2D eigenvalue weighted by Gasteiger charge is -2.15. The van der Waals surface area contributed by atoms with Crippen molar-refractivity contribution >= 4 is 27.5 Å². The summed E-state index contributed by atoms with van der Waals surface area (Å²) in [7, 11) is 1.82. The summed E-state index contributed by atoms with van der Waals surface area (Å²) in [5.41, 5.74) is 0.992. The van der Waals surface area contributed by atoms with Crippen molar-refractivity contribution < 1.29 is 14.5 Å². The molecule has 2 N–H and O–H groups in total. The van der Waals surface area contributed by atoms with Crippen molar-refractivity contribution in [2.24, 2.45) is 0 Å². The molecular formula is C17H20N3O2S+. The van der Waals surface area contributed by atoms with E-state index in [1.54, 1.807) is 22.5 Å². The number of amides is 1. The molecule has 1 aromatic carbocycles. The van der Waals surface area contributed by atoms with Crippen molar-refractivity contribution in [3.63, 3.8) is 0 Å². The molecule has 5 nitrogen and oxygen atoms in total. The quantitative estimate of drug-likeness (QED) is 0.753. The highest BCUT2D eigenvalue weighted by Crippen LogP contribution is 2.22. The van der Waals surface area contributed by atoms with Crippen LogP contribution in [0.2, 0.25) is 0 Å². The number of carbonyl (C=O) groups is 1. The third-order valence-electron chi connectivity index (χ3n) is 3.77. The fourth-order valence-electron chi connectivity index (χ4n) is 2.38. The van der Waals surface area contributed by atoms with Crippen LogP contribution in [0.25, 0.3) is 10.2 Å². The highest BCUT2D eigenvalue weighted by molar-refractivity contribution is 7.18. The van der Waals surface area contributed by atoms with Crippen LogP contribution >= 0.6 is 11.3 Å². The second kappa shape index (κ2) is 6.93. The topological polar surface area (TPSA) is 63.0 Å². The molecule has 1 amide bonds. The number of nitrogens with two attached hydrogens (primary N) is 1. The van der Waals surface area contributed by atoms with Gasteiger partial charge in [0.15, 0.2) is 12.3 Å². The van der Waals surface area contributed by atoms with Gasteiger partial charge < -0.3 is 14.6 Å². The minimum atomic E-state index is 0.0858. The average molecular weight is 330 g/mol.